The number of ether oxygens (including phenoxy) is 1. The second-order valence-corrected chi connectivity index (χ2v) is 4.78. The largest absolute Gasteiger partial charge is 0.493 e. The van der Waals surface area contributed by atoms with Crippen molar-refractivity contribution in [2.75, 3.05) is 6.61 Å². The second-order valence-electron chi connectivity index (χ2n) is 4.78. The molecule has 1 atom stereocenters. The first-order valence-corrected chi connectivity index (χ1v) is 6.92. The van der Waals surface area contributed by atoms with E-state index in [0.717, 1.165) is 30.4 Å². The Hall–Kier alpha value is -2.12. The number of nitriles is 1. The van der Waals surface area contributed by atoms with Gasteiger partial charge in [0.25, 0.3) is 0 Å². The molecule has 0 aliphatic rings. The molecular formula is C16H19N3O. The van der Waals surface area contributed by atoms with Gasteiger partial charge in [-0.05, 0) is 43.5 Å². The lowest BCUT2D eigenvalue weighted by Crippen LogP contribution is -2.19. The van der Waals surface area contributed by atoms with E-state index in [0.29, 0.717) is 17.7 Å². The lowest BCUT2D eigenvalue weighted by molar-refractivity contribution is 0.304. The van der Waals surface area contributed by atoms with Crippen molar-refractivity contribution in [2.24, 2.45) is 5.73 Å². The zero-order valence-electron chi connectivity index (χ0n) is 11.7. The average molecular weight is 269 g/mol. The van der Waals surface area contributed by atoms with Crippen LogP contribution in [0.3, 0.4) is 0 Å². The fourth-order valence-electron chi connectivity index (χ4n) is 2.09. The number of fused-ring (bicyclic) bond motifs is 1. The van der Waals surface area contributed by atoms with Gasteiger partial charge in [-0.3, -0.25) is 4.98 Å². The monoisotopic (exact) mass is 269 g/mol. The highest BCUT2D eigenvalue weighted by Gasteiger charge is 2.07. The van der Waals surface area contributed by atoms with Crippen LogP contribution in [0, 0.1) is 11.3 Å². The number of hydrogen-bond donors (Lipinski definition) is 1. The van der Waals surface area contributed by atoms with E-state index in [1.54, 1.807) is 12.3 Å². The van der Waals surface area contributed by atoms with E-state index >= 15 is 0 Å². The van der Waals surface area contributed by atoms with Crippen LogP contribution in [0.4, 0.5) is 0 Å². The van der Waals surface area contributed by atoms with Gasteiger partial charge in [0.2, 0.25) is 0 Å². The maximum absolute atomic E-state index is 9.08. The molecule has 0 saturated heterocycles. The molecule has 0 aliphatic heterocycles. The van der Waals surface area contributed by atoms with Gasteiger partial charge in [-0.15, -0.1) is 0 Å². The minimum atomic E-state index is 0.248. The van der Waals surface area contributed by atoms with Gasteiger partial charge >= 0.3 is 0 Å². The number of hydrogen-bond acceptors (Lipinski definition) is 4. The molecule has 1 unspecified atom stereocenters. The van der Waals surface area contributed by atoms with Crippen LogP contribution in [0.1, 0.15) is 31.7 Å². The normalized spacial score (nSPS) is 12.1. The Kier molecular flexibility index (Phi) is 4.91. The van der Waals surface area contributed by atoms with E-state index in [1.165, 1.54) is 0 Å². The molecule has 1 aromatic heterocycles. The summed E-state index contributed by atoms with van der Waals surface area (Å²) in [6.07, 6.45) is 4.57. The van der Waals surface area contributed by atoms with Crippen molar-refractivity contribution < 1.29 is 4.74 Å². The number of benzene rings is 1. The van der Waals surface area contributed by atoms with Crippen molar-refractivity contribution >= 4 is 10.9 Å². The van der Waals surface area contributed by atoms with E-state index < -0.39 is 0 Å². The Balaban J connectivity index is 2.10. The van der Waals surface area contributed by atoms with E-state index in [9.17, 15) is 0 Å². The smallest absolute Gasteiger partial charge is 0.128 e. The third kappa shape index (κ3) is 3.25. The van der Waals surface area contributed by atoms with Crippen molar-refractivity contribution in [1.29, 1.82) is 5.26 Å². The third-order valence-corrected chi connectivity index (χ3v) is 3.35. The van der Waals surface area contributed by atoms with Gasteiger partial charge in [-0.2, -0.15) is 5.26 Å². The van der Waals surface area contributed by atoms with Crippen molar-refractivity contribution in [3.8, 4) is 11.8 Å². The molecule has 2 aromatic rings. The van der Waals surface area contributed by atoms with Crippen LogP contribution in [0.15, 0.2) is 30.5 Å². The summed E-state index contributed by atoms with van der Waals surface area (Å²) in [7, 11) is 0. The van der Waals surface area contributed by atoms with Gasteiger partial charge in [0.15, 0.2) is 0 Å². The van der Waals surface area contributed by atoms with Gasteiger partial charge in [0, 0.05) is 17.6 Å². The Labute approximate surface area is 119 Å². The molecule has 0 saturated carbocycles. The van der Waals surface area contributed by atoms with E-state index in [4.69, 9.17) is 15.7 Å². The zero-order chi connectivity index (χ0) is 14.4. The molecule has 0 fully saturated rings. The van der Waals surface area contributed by atoms with Gasteiger partial charge in [0.1, 0.15) is 11.8 Å². The molecule has 0 spiro atoms. The first-order chi connectivity index (χ1) is 9.76. The van der Waals surface area contributed by atoms with Crippen LogP contribution >= 0.6 is 0 Å². The zero-order valence-corrected chi connectivity index (χ0v) is 11.7. The summed E-state index contributed by atoms with van der Waals surface area (Å²) in [5.41, 5.74) is 7.14. The van der Waals surface area contributed by atoms with Gasteiger partial charge in [-0.25, -0.2) is 0 Å². The van der Waals surface area contributed by atoms with Crippen LogP contribution in [0.5, 0.6) is 5.75 Å². The quantitative estimate of drug-likeness (QED) is 0.818. The van der Waals surface area contributed by atoms with Gasteiger partial charge in [-0.1, -0.05) is 6.92 Å². The van der Waals surface area contributed by atoms with Crippen LogP contribution in [0.25, 0.3) is 10.9 Å². The summed E-state index contributed by atoms with van der Waals surface area (Å²) in [4.78, 5) is 4.26. The van der Waals surface area contributed by atoms with Crippen molar-refractivity contribution in [1.82, 2.24) is 4.98 Å². The molecule has 0 amide bonds. The van der Waals surface area contributed by atoms with Crippen LogP contribution in [0.2, 0.25) is 0 Å². The van der Waals surface area contributed by atoms with Crippen molar-refractivity contribution in [3.05, 3.63) is 36.0 Å². The molecule has 2 N–H and O–H groups in total. The standard InChI is InChI=1S/C16H19N3O/c1-2-13(18)5-4-10-20-15-8-7-12(11-17)16-14(15)6-3-9-19-16/h3,6-9,13H,2,4-5,10,18H2,1H3. The predicted molar refractivity (Wildman–Crippen MR) is 79.5 cm³/mol. The van der Waals surface area contributed by atoms with E-state index in [2.05, 4.69) is 18.0 Å². The van der Waals surface area contributed by atoms with Gasteiger partial charge < -0.3 is 10.5 Å². The van der Waals surface area contributed by atoms with Crippen LogP contribution < -0.4 is 10.5 Å². The lowest BCUT2D eigenvalue weighted by atomic mass is 10.1. The Morgan fingerprint density at radius 3 is 3.00 bits per heavy atom. The fourth-order valence-corrected chi connectivity index (χ4v) is 2.09. The molecule has 4 nitrogen and oxygen atoms in total. The highest BCUT2D eigenvalue weighted by molar-refractivity contribution is 5.89. The Morgan fingerprint density at radius 1 is 1.40 bits per heavy atom. The first kappa shape index (κ1) is 14.3. The summed E-state index contributed by atoms with van der Waals surface area (Å²) in [5, 5.41) is 9.97. The number of rotatable bonds is 6. The maximum Gasteiger partial charge on any atom is 0.128 e. The van der Waals surface area contributed by atoms with Crippen molar-refractivity contribution in [2.45, 2.75) is 32.2 Å². The maximum atomic E-state index is 9.08. The molecule has 0 bridgehead atoms. The first-order valence-electron chi connectivity index (χ1n) is 6.92. The average Bonchev–Trinajstić information content (AvgIpc) is 2.51. The number of aromatic nitrogens is 1. The number of pyridine rings is 1. The molecule has 104 valence electrons. The molecule has 4 heteroatoms. The van der Waals surface area contributed by atoms with Crippen molar-refractivity contribution in [3.63, 3.8) is 0 Å². The second kappa shape index (κ2) is 6.88. The number of nitrogens with two attached hydrogens (primary N) is 1. The summed E-state index contributed by atoms with van der Waals surface area (Å²) >= 11 is 0. The predicted octanol–water partition coefficient (Wildman–Crippen LogP) is 3.00. The molecule has 1 heterocycles. The highest BCUT2D eigenvalue weighted by atomic mass is 16.5. The minimum absolute atomic E-state index is 0.248. The highest BCUT2D eigenvalue weighted by Crippen LogP contribution is 2.26. The molecule has 20 heavy (non-hydrogen) atoms. The topological polar surface area (TPSA) is 71.9 Å². The van der Waals surface area contributed by atoms with Gasteiger partial charge in [0.05, 0.1) is 17.7 Å². The molecular weight excluding hydrogens is 250 g/mol. The third-order valence-electron chi connectivity index (χ3n) is 3.35. The summed E-state index contributed by atoms with van der Waals surface area (Å²) in [6, 6.07) is 9.77. The number of nitrogens with zero attached hydrogens (tertiary/aromatic N) is 2. The Bertz CT molecular complexity index is 619. The van der Waals surface area contributed by atoms with E-state index in [-0.39, 0.29) is 6.04 Å². The lowest BCUT2D eigenvalue weighted by Gasteiger charge is -2.11. The van der Waals surface area contributed by atoms with Crippen LogP contribution in [-0.4, -0.2) is 17.6 Å². The SMILES string of the molecule is CCC(N)CCCOc1ccc(C#N)c2ncccc12. The summed E-state index contributed by atoms with van der Waals surface area (Å²) in [5.74, 6) is 0.775. The molecule has 1 aromatic carbocycles. The molecule has 0 radical (unpaired) electrons. The minimum Gasteiger partial charge on any atom is -0.493 e. The fraction of sp³-hybridized carbons (Fsp3) is 0.375. The summed E-state index contributed by atoms with van der Waals surface area (Å²) in [6.45, 7) is 2.72. The molecule has 0 aliphatic carbocycles. The Morgan fingerprint density at radius 2 is 2.25 bits per heavy atom. The van der Waals surface area contributed by atoms with Crippen LogP contribution in [-0.2, 0) is 0 Å². The summed E-state index contributed by atoms with van der Waals surface area (Å²) < 4.78 is 5.81. The molecule has 2 rings (SSSR count). The van der Waals surface area contributed by atoms with E-state index in [1.807, 2.05) is 18.2 Å².